The molecule has 2 heterocycles. The summed E-state index contributed by atoms with van der Waals surface area (Å²) in [5, 5.41) is 22.8. The number of piperidine rings is 1. The first-order chi connectivity index (χ1) is 14.8. The van der Waals surface area contributed by atoms with Crippen LogP contribution in [0.25, 0.3) is 0 Å². The van der Waals surface area contributed by atoms with Gasteiger partial charge in [0.15, 0.2) is 6.04 Å². The molecule has 0 radical (unpaired) electrons. The maximum absolute atomic E-state index is 13.6. The Bertz CT molecular complexity index is 932. The van der Waals surface area contributed by atoms with Gasteiger partial charge in [-0.25, -0.2) is 4.79 Å². The van der Waals surface area contributed by atoms with Crippen LogP contribution in [-0.2, 0) is 16.1 Å². The Labute approximate surface area is 181 Å². The quantitative estimate of drug-likeness (QED) is 0.387. The van der Waals surface area contributed by atoms with Gasteiger partial charge in [0.2, 0.25) is 5.91 Å². The minimum absolute atomic E-state index is 0.0642. The fourth-order valence-corrected chi connectivity index (χ4v) is 6.17. The Morgan fingerprint density at radius 2 is 1.84 bits per heavy atom. The van der Waals surface area contributed by atoms with Crippen molar-refractivity contribution in [1.82, 2.24) is 10.6 Å². The van der Waals surface area contributed by atoms with Crippen molar-refractivity contribution in [3.05, 3.63) is 34.5 Å². The number of carbonyl (C=O) groups is 3. The van der Waals surface area contributed by atoms with Crippen molar-refractivity contribution in [3.8, 4) is 0 Å². The Kier molecular flexibility index (Phi) is 4.91. The second kappa shape index (κ2) is 7.39. The highest BCUT2D eigenvalue weighted by molar-refractivity contribution is 6.02. The van der Waals surface area contributed by atoms with Gasteiger partial charge in [-0.05, 0) is 63.1 Å². The summed E-state index contributed by atoms with van der Waals surface area (Å²) in [6.45, 7) is -0.0642. The highest BCUT2D eigenvalue weighted by Gasteiger charge is 2.51. The van der Waals surface area contributed by atoms with E-state index in [2.05, 4.69) is 16.0 Å². The number of amides is 3. The molecule has 1 aromatic carbocycles. The molecule has 0 aromatic heterocycles. The molecule has 31 heavy (non-hydrogen) atoms. The molecule has 2 aliphatic heterocycles. The molecule has 2 atom stereocenters. The summed E-state index contributed by atoms with van der Waals surface area (Å²) < 4.78 is -1.23. The summed E-state index contributed by atoms with van der Waals surface area (Å²) in [6, 6.07) is 5.31. The van der Waals surface area contributed by atoms with Crippen LogP contribution in [0, 0.1) is 10.6 Å². The van der Waals surface area contributed by atoms with Crippen molar-refractivity contribution in [2.24, 2.45) is 5.41 Å². The lowest BCUT2D eigenvalue weighted by atomic mass is 9.57. The summed E-state index contributed by atoms with van der Waals surface area (Å²) in [7, 11) is 2.04. The van der Waals surface area contributed by atoms with Crippen LogP contribution < -0.4 is 16.0 Å². The van der Waals surface area contributed by atoms with Gasteiger partial charge >= 0.3 is 5.91 Å². The summed E-state index contributed by atoms with van der Waals surface area (Å²) in [5.41, 5.74) is 2.36. The number of benzene rings is 1. The molecule has 8 nitrogen and oxygen atoms in total. The number of nitrogens with zero attached hydrogens (tertiary/aromatic N) is 1. The van der Waals surface area contributed by atoms with E-state index in [1.807, 2.05) is 13.1 Å². The van der Waals surface area contributed by atoms with Crippen LogP contribution in [0.4, 0.5) is 5.69 Å². The second-order valence-corrected chi connectivity index (χ2v) is 9.87. The maximum Gasteiger partial charge on any atom is 0.347 e. The smallest absolute Gasteiger partial charge is 0.347 e. The molecule has 8 heteroatoms. The summed E-state index contributed by atoms with van der Waals surface area (Å²) in [4.78, 5) is 36.8. The molecule has 3 fully saturated rings. The van der Waals surface area contributed by atoms with E-state index in [1.54, 1.807) is 12.1 Å². The van der Waals surface area contributed by atoms with E-state index in [9.17, 15) is 19.6 Å². The Morgan fingerprint density at radius 3 is 2.52 bits per heavy atom. The second-order valence-electron chi connectivity index (χ2n) is 9.87. The highest BCUT2D eigenvalue weighted by atomic mass is 16.6. The largest absolute Gasteiger partial charge is 0.624 e. The van der Waals surface area contributed by atoms with E-state index in [-0.39, 0.29) is 25.3 Å². The van der Waals surface area contributed by atoms with Gasteiger partial charge in [0.1, 0.15) is 6.54 Å². The zero-order valence-corrected chi connectivity index (χ0v) is 17.9. The average Bonchev–Trinajstić information content (AvgIpc) is 2.99. The van der Waals surface area contributed by atoms with Gasteiger partial charge in [0.05, 0.1) is 5.56 Å². The molecule has 2 saturated carbocycles. The summed E-state index contributed by atoms with van der Waals surface area (Å²) >= 11 is 0. The van der Waals surface area contributed by atoms with Crippen LogP contribution in [0.1, 0.15) is 67.3 Å². The molecular weight excluding hydrogens is 396 g/mol. The topological polar surface area (TPSA) is 110 Å². The van der Waals surface area contributed by atoms with Crippen molar-refractivity contribution in [1.29, 1.82) is 0 Å². The molecule has 2 unspecified atom stereocenters. The first-order valence-corrected chi connectivity index (χ1v) is 11.4. The molecular formula is C23H30N4O4. The Balaban J connectivity index is 1.29. The number of quaternary nitrogens is 1. The van der Waals surface area contributed by atoms with E-state index in [1.165, 1.54) is 25.7 Å². The zero-order chi connectivity index (χ0) is 21.8. The van der Waals surface area contributed by atoms with E-state index in [0.717, 1.165) is 18.5 Å². The van der Waals surface area contributed by atoms with Crippen molar-refractivity contribution in [2.75, 3.05) is 12.4 Å². The van der Waals surface area contributed by atoms with Gasteiger partial charge in [0, 0.05) is 36.2 Å². The lowest BCUT2D eigenvalue weighted by Gasteiger charge is -2.52. The third kappa shape index (κ3) is 3.37. The van der Waals surface area contributed by atoms with E-state index in [0.29, 0.717) is 28.6 Å². The van der Waals surface area contributed by atoms with Crippen LogP contribution in [0.2, 0.25) is 0 Å². The first-order valence-electron chi connectivity index (χ1n) is 11.4. The van der Waals surface area contributed by atoms with Gasteiger partial charge in [0.25, 0.3) is 5.91 Å². The van der Waals surface area contributed by atoms with Crippen LogP contribution in [0.5, 0.6) is 0 Å². The maximum atomic E-state index is 13.6. The van der Waals surface area contributed by atoms with Gasteiger partial charge in [-0.2, -0.15) is 0 Å². The number of carbonyl (C=O) groups excluding carboxylic acids is 3. The Hall–Kier alpha value is -2.29. The van der Waals surface area contributed by atoms with Crippen molar-refractivity contribution in [2.45, 2.75) is 76.0 Å². The fraction of sp³-hybridized carbons (Fsp3) is 0.609. The van der Waals surface area contributed by atoms with Gasteiger partial charge < -0.3 is 15.8 Å². The summed E-state index contributed by atoms with van der Waals surface area (Å²) in [6.07, 6.45) is 7.37. The highest BCUT2D eigenvalue weighted by Crippen LogP contribution is 2.52. The lowest BCUT2D eigenvalue weighted by Crippen LogP contribution is -2.60. The van der Waals surface area contributed by atoms with Crippen LogP contribution in [-0.4, -0.2) is 47.5 Å². The molecule has 4 aliphatic rings. The van der Waals surface area contributed by atoms with E-state index in [4.69, 9.17) is 0 Å². The number of hydrogen-bond donors (Lipinski definition) is 3. The van der Waals surface area contributed by atoms with Crippen LogP contribution in [0.3, 0.4) is 0 Å². The number of rotatable bonds is 4. The first kappa shape index (κ1) is 20.6. The predicted molar refractivity (Wildman–Crippen MR) is 115 cm³/mol. The standard InChI is InChI=1S/C23H30N4O4/c1-24-14-7-9-23(10-8-14)11-15(12-23)25-18-4-2-3-16-17(18)13-27(31,22(16)30)19-5-6-20(28)26-21(19)29/h2-4,14-15,19,24-25H,5-13H2,1H3,(H,26,28,29). The third-order valence-corrected chi connectivity index (χ3v) is 8.03. The zero-order valence-electron chi connectivity index (χ0n) is 17.9. The lowest BCUT2D eigenvalue weighted by molar-refractivity contribution is -0.825. The molecule has 1 saturated heterocycles. The van der Waals surface area contributed by atoms with Crippen molar-refractivity contribution < 1.29 is 19.0 Å². The number of hydroxylamine groups is 3. The average molecular weight is 427 g/mol. The van der Waals surface area contributed by atoms with Crippen LogP contribution >= 0.6 is 0 Å². The molecule has 3 N–H and O–H groups in total. The molecule has 1 aromatic rings. The molecule has 3 amide bonds. The van der Waals surface area contributed by atoms with Crippen molar-refractivity contribution >= 4 is 23.4 Å². The number of imide groups is 1. The normalized spacial score (nSPS) is 37.4. The van der Waals surface area contributed by atoms with Gasteiger partial charge in [-0.1, -0.05) is 6.07 Å². The number of fused-ring (bicyclic) bond motifs is 1. The SMILES string of the molecule is CNC1CCC2(CC1)CC(Nc1cccc3c1C[N+]([O-])(C1CCC(=O)NC1=O)C3=O)C2. The fourth-order valence-electron chi connectivity index (χ4n) is 6.17. The van der Waals surface area contributed by atoms with Gasteiger partial charge in [-0.3, -0.25) is 19.6 Å². The van der Waals surface area contributed by atoms with E-state index < -0.39 is 22.5 Å². The molecule has 166 valence electrons. The number of anilines is 1. The third-order valence-electron chi connectivity index (χ3n) is 8.03. The van der Waals surface area contributed by atoms with Gasteiger partial charge in [-0.15, -0.1) is 0 Å². The minimum Gasteiger partial charge on any atom is -0.624 e. The molecule has 0 bridgehead atoms. The predicted octanol–water partition coefficient (Wildman–Crippen LogP) is 2.18. The summed E-state index contributed by atoms with van der Waals surface area (Å²) in [5.74, 6) is -1.61. The molecule has 1 spiro atoms. The number of hydrogen-bond acceptors (Lipinski definition) is 6. The minimum atomic E-state index is -1.23. The number of nitrogens with one attached hydrogen (secondary N) is 3. The Morgan fingerprint density at radius 1 is 1.10 bits per heavy atom. The monoisotopic (exact) mass is 426 g/mol. The van der Waals surface area contributed by atoms with Crippen LogP contribution in [0.15, 0.2) is 18.2 Å². The molecule has 5 rings (SSSR count). The molecule has 2 aliphatic carbocycles. The van der Waals surface area contributed by atoms with Crippen molar-refractivity contribution in [3.63, 3.8) is 0 Å². The van der Waals surface area contributed by atoms with E-state index >= 15 is 0 Å².